The molecule has 154 valence electrons. The minimum absolute atomic E-state index is 0.0512. The van der Waals surface area contributed by atoms with Gasteiger partial charge in [-0.2, -0.15) is 0 Å². The van der Waals surface area contributed by atoms with Crippen molar-refractivity contribution >= 4 is 11.9 Å². The molecule has 27 heavy (non-hydrogen) atoms. The number of esters is 2. The molecule has 1 fully saturated rings. The van der Waals surface area contributed by atoms with Gasteiger partial charge in [0.25, 0.3) is 0 Å². The number of hydrogen-bond donors (Lipinski definition) is 0. The highest BCUT2D eigenvalue weighted by molar-refractivity contribution is 5.77. The molecule has 0 heterocycles. The van der Waals surface area contributed by atoms with Crippen LogP contribution in [0.3, 0.4) is 0 Å². The van der Waals surface area contributed by atoms with E-state index in [1.165, 1.54) is 19.6 Å². The first-order valence-electron chi connectivity index (χ1n) is 10.6. The number of hydrogen-bond acceptors (Lipinski definition) is 4. The zero-order valence-electron chi connectivity index (χ0n) is 18.1. The molecule has 0 bridgehead atoms. The number of allylic oxidation sites excluding steroid dienone is 2. The van der Waals surface area contributed by atoms with Crippen molar-refractivity contribution in [1.82, 2.24) is 0 Å². The van der Waals surface area contributed by atoms with Crippen LogP contribution in [0.4, 0.5) is 0 Å². The molecule has 0 aromatic heterocycles. The molecular formula is C23H38O4. The first kappa shape index (κ1) is 22.0. The molecule has 4 heteroatoms. The number of carbonyl (C=O) groups excluding carboxylic acids is 2. The first-order chi connectivity index (χ1) is 12.6. The quantitative estimate of drug-likeness (QED) is 0.445. The molecule has 2 aliphatic rings. The molecule has 0 aromatic rings. The van der Waals surface area contributed by atoms with Gasteiger partial charge in [0.1, 0.15) is 0 Å². The Morgan fingerprint density at radius 1 is 1.26 bits per heavy atom. The van der Waals surface area contributed by atoms with Crippen molar-refractivity contribution in [3.05, 3.63) is 11.6 Å². The van der Waals surface area contributed by atoms with E-state index >= 15 is 0 Å². The van der Waals surface area contributed by atoms with Gasteiger partial charge in [0.2, 0.25) is 0 Å². The van der Waals surface area contributed by atoms with Crippen LogP contribution in [0.2, 0.25) is 0 Å². The molecular weight excluding hydrogens is 340 g/mol. The van der Waals surface area contributed by atoms with Crippen LogP contribution in [0.15, 0.2) is 11.6 Å². The molecule has 2 rings (SSSR count). The van der Waals surface area contributed by atoms with Crippen molar-refractivity contribution in [2.24, 2.45) is 28.6 Å². The summed E-state index contributed by atoms with van der Waals surface area (Å²) in [7, 11) is 1.51. The third-order valence-electron chi connectivity index (χ3n) is 7.53. The average Bonchev–Trinajstić information content (AvgIpc) is 2.62. The van der Waals surface area contributed by atoms with Crippen LogP contribution in [0, 0.1) is 28.6 Å². The van der Waals surface area contributed by atoms with Crippen LogP contribution >= 0.6 is 0 Å². The van der Waals surface area contributed by atoms with Crippen LogP contribution in [0.25, 0.3) is 0 Å². The Kier molecular flexibility index (Phi) is 7.15. The maximum absolute atomic E-state index is 12.6. The van der Waals surface area contributed by atoms with Gasteiger partial charge in [-0.05, 0) is 75.0 Å². The van der Waals surface area contributed by atoms with Gasteiger partial charge in [-0.15, -0.1) is 0 Å². The Morgan fingerprint density at radius 2 is 1.96 bits per heavy atom. The summed E-state index contributed by atoms with van der Waals surface area (Å²) in [5, 5.41) is 0. The second kappa shape index (κ2) is 8.79. The monoisotopic (exact) mass is 378 g/mol. The summed E-state index contributed by atoms with van der Waals surface area (Å²) in [6, 6.07) is 0. The number of carbonyl (C=O) groups is 2. The fourth-order valence-electron chi connectivity index (χ4n) is 5.27. The predicted octanol–water partition coefficient (Wildman–Crippen LogP) is 5.31. The molecule has 0 saturated heterocycles. The third kappa shape index (κ3) is 4.57. The van der Waals surface area contributed by atoms with E-state index in [-0.39, 0.29) is 22.8 Å². The van der Waals surface area contributed by atoms with E-state index in [2.05, 4.69) is 33.8 Å². The molecule has 0 aromatic carbocycles. The number of ether oxygens (including phenoxy) is 2. The molecule has 4 nitrogen and oxygen atoms in total. The number of methoxy groups -OCH3 is 1. The lowest BCUT2D eigenvalue weighted by molar-refractivity contribution is -0.156. The second-order valence-corrected chi connectivity index (χ2v) is 9.33. The molecule has 0 radical (unpaired) electrons. The van der Waals surface area contributed by atoms with Crippen molar-refractivity contribution in [2.45, 2.75) is 79.6 Å². The maximum atomic E-state index is 12.6. The standard InChI is InChI=1S/C23H38O4/c1-16(12-15-27-18(3)24)11-14-22(4)17(2)9-10-20-19(22)8-7-13-23(20,5)21(25)26-6/h8,16-17,20H,7,9-15H2,1-6H3/t16?,17-,20+,22+,23+/m1/s1. The van der Waals surface area contributed by atoms with Gasteiger partial charge in [-0.1, -0.05) is 32.4 Å². The fourth-order valence-corrected chi connectivity index (χ4v) is 5.27. The van der Waals surface area contributed by atoms with Gasteiger partial charge in [-0.25, -0.2) is 0 Å². The Labute approximate surface area is 165 Å². The van der Waals surface area contributed by atoms with Gasteiger partial charge >= 0.3 is 11.9 Å². The zero-order chi connectivity index (χ0) is 20.2. The molecule has 5 atom stereocenters. The lowest BCUT2D eigenvalue weighted by atomic mass is 9.51. The van der Waals surface area contributed by atoms with Crippen molar-refractivity contribution in [3.8, 4) is 0 Å². The summed E-state index contributed by atoms with van der Waals surface area (Å²) in [4.78, 5) is 23.5. The highest BCUT2D eigenvalue weighted by atomic mass is 16.5. The van der Waals surface area contributed by atoms with E-state index < -0.39 is 0 Å². The van der Waals surface area contributed by atoms with E-state index in [1.807, 2.05) is 0 Å². The van der Waals surface area contributed by atoms with E-state index in [9.17, 15) is 9.59 Å². The lowest BCUT2D eigenvalue weighted by Crippen LogP contribution is -2.47. The highest BCUT2D eigenvalue weighted by Crippen LogP contribution is 2.58. The van der Waals surface area contributed by atoms with Gasteiger partial charge in [-0.3, -0.25) is 9.59 Å². The van der Waals surface area contributed by atoms with Crippen molar-refractivity contribution in [2.75, 3.05) is 13.7 Å². The summed E-state index contributed by atoms with van der Waals surface area (Å²) < 4.78 is 10.3. The lowest BCUT2D eigenvalue weighted by Gasteiger charge is -2.53. The minimum Gasteiger partial charge on any atom is -0.469 e. The summed E-state index contributed by atoms with van der Waals surface area (Å²) in [5.41, 5.74) is 1.24. The Bertz CT molecular complexity index is 581. The van der Waals surface area contributed by atoms with E-state index in [4.69, 9.17) is 9.47 Å². The largest absolute Gasteiger partial charge is 0.469 e. The van der Waals surface area contributed by atoms with Crippen LogP contribution in [-0.2, 0) is 19.1 Å². The fraction of sp³-hybridized carbons (Fsp3) is 0.826. The average molecular weight is 379 g/mol. The van der Waals surface area contributed by atoms with E-state index in [0.717, 1.165) is 44.9 Å². The van der Waals surface area contributed by atoms with Gasteiger partial charge in [0.05, 0.1) is 19.1 Å². The minimum atomic E-state index is -0.388. The van der Waals surface area contributed by atoms with Gasteiger partial charge < -0.3 is 9.47 Å². The van der Waals surface area contributed by atoms with Crippen molar-refractivity contribution < 1.29 is 19.1 Å². The van der Waals surface area contributed by atoms with E-state index in [0.29, 0.717) is 24.4 Å². The van der Waals surface area contributed by atoms with Crippen LogP contribution in [-0.4, -0.2) is 25.7 Å². The summed E-state index contributed by atoms with van der Waals surface area (Å²) >= 11 is 0. The number of rotatable bonds is 7. The van der Waals surface area contributed by atoms with E-state index in [1.54, 1.807) is 0 Å². The van der Waals surface area contributed by atoms with Crippen LogP contribution in [0.1, 0.15) is 79.6 Å². The highest BCUT2D eigenvalue weighted by Gasteiger charge is 2.52. The predicted molar refractivity (Wildman–Crippen MR) is 107 cm³/mol. The van der Waals surface area contributed by atoms with Gasteiger partial charge in [0, 0.05) is 6.92 Å². The molecule has 0 N–H and O–H groups in total. The molecule has 0 aliphatic heterocycles. The van der Waals surface area contributed by atoms with Gasteiger partial charge in [0.15, 0.2) is 0 Å². The maximum Gasteiger partial charge on any atom is 0.312 e. The summed E-state index contributed by atoms with van der Waals surface area (Å²) in [6.07, 6.45) is 9.65. The van der Waals surface area contributed by atoms with Crippen LogP contribution < -0.4 is 0 Å². The normalized spacial score (nSPS) is 34.2. The first-order valence-corrected chi connectivity index (χ1v) is 10.6. The molecule has 2 aliphatic carbocycles. The Balaban J connectivity index is 2.11. The van der Waals surface area contributed by atoms with Crippen LogP contribution in [0.5, 0.6) is 0 Å². The smallest absolute Gasteiger partial charge is 0.312 e. The zero-order valence-corrected chi connectivity index (χ0v) is 18.1. The Morgan fingerprint density at radius 3 is 2.59 bits per heavy atom. The molecule has 1 unspecified atom stereocenters. The topological polar surface area (TPSA) is 52.6 Å². The molecule has 0 amide bonds. The van der Waals surface area contributed by atoms with Crippen molar-refractivity contribution in [1.29, 1.82) is 0 Å². The SMILES string of the molecule is COC(=O)[C@@]1(C)CCC=C2[C@@H]1CC[C@@H](C)[C@]2(C)CCC(C)CCOC(C)=O. The second-order valence-electron chi connectivity index (χ2n) is 9.33. The number of fused-ring (bicyclic) bond motifs is 1. The van der Waals surface area contributed by atoms with Crippen molar-refractivity contribution in [3.63, 3.8) is 0 Å². The molecule has 0 spiro atoms. The Hall–Kier alpha value is -1.32. The summed E-state index contributed by atoms with van der Waals surface area (Å²) in [6.45, 7) is 11.1. The summed E-state index contributed by atoms with van der Waals surface area (Å²) in [5.74, 6) is 1.18. The third-order valence-corrected chi connectivity index (χ3v) is 7.53. The molecule has 1 saturated carbocycles.